The van der Waals surface area contributed by atoms with Crippen LogP contribution in [0.1, 0.15) is 18.5 Å². The second kappa shape index (κ2) is 6.05. The Morgan fingerprint density at radius 2 is 1.81 bits per heavy atom. The number of halogens is 3. The molecule has 1 atom stereocenters. The molecule has 0 bridgehead atoms. The maximum absolute atomic E-state index is 13.6. The first kappa shape index (κ1) is 15.8. The predicted molar refractivity (Wildman–Crippen MR) is 74.3 cm³/mol. The van der Waals surface area contributed by atoms with Gasteiger partial charge < -0.3 is 0 Å². The van der Waals surface area contributed by atoms with Crippen molar-refractivity contribution < 1.29 is 17.2 Å². The molecular weight excluding hydrogens is 322 g/mol. The minimum absolute atomic E-state index is 0.216. The van der Waals surface area contributed by atoms with Gasteiger partial charge in [-0.2, -0.15) is 0 Å². The number of rotatable bonds is 4. The van der Waals surface area contributed by atoms with Gasteiger partial charge >= 0.3 is 0 Å². The topological polar surface area (TPSA) is 59.1 Å². The fraction of sp³-hybridized carbons (Fsp3) is 0.154. The monoisotopic (exact) mass is 332 g/mol. The van der Waals surface area contributed by atoms with E-state index in [0.717, 1.165) is 12.1 Å². The maximum Gasteiger partial charge on any atom is 0.244 e. The van der Waals surface area contributed by atoms with Crippen LogP contribution in [0.15, 0.2) is 41.4 Å². The van der Waals surface area contributed by atoms with Crippen LogP contribution in [0.25, 0.3) is 0 Å². The lowest BCUT2D eigenvalue weighted by Crippen LogP contribution is -2.28. The molecule has 4 nitrogen and oxygen atoms in total. The third-order valence-corrected chi connectivity index (χ3v) is 4.76. The number of nitrogens with zero attached hydrogens (tertiary/aromatic N) is 1. The Hall–Kier alpha value is -1.57. The lowest BCUT2D eigenvalue weighted by Gasteiger charge is -2.16. The van der Waals surface area contributed by atoms with Gasteiger partial charge in [-0.15, -0.1) is 0 Å². The number of sulfonamides is 1. The average molecular weight is 333 g/mol. The van der Waals surface area contributed by atoms with Gasteiger partial charge in [0.2, 0.25) is 10.0 Å². The number of aromatic nitrogens is 1. The van der Waals surface area contributed by atoms with Gasteiger partial charge in [0.05, 0.1) is 0 Å². The number of hydrogen-bond acceptors (Lipinski definition) is 3. The summed E-state index contributed by atoms with van der Waals surface area (Å²) in [6.45, 7) is 1.34. The molecule has 2 aromatic rings. The van der Waals surface area contributed by atoms with Crippen LogP contribution >= 0.6 is 11.6 Å². The molecule has 0 fully saturated rings. The quantitative estimate of drug-likeness (QED) is 0.875. The summed E-state index contributed by atoms with van der Waals surface area (Å²) < 4.78 is 53.8. The predicted octanol–water partition coefficient (Wildman–Crippen LogP) is 3.05. The molecule has 112 valence electrons. The Labute approximate surface area is 125 Å². The molecule has 0 aliphatic heterocycles. The Bertz CT molecular complexity index is 748. The van der Waals surface area contributed by atoms with Crippen LogP contribution in [0.4, 0.5) is 8.78 Å². The van der Waals surface area contributed by atoms with Gasteiger partial charge in [0.1, 0.15) is 21.7 Å². The van der Waals surface area contributed by atoms with E-state index in [0.29, 0.717) is 0 Å². The number of hydrogen-bond donors (Lipinski definition) is 1. The normalized spacial score (nSPS) is 13.1. The van der Waals surface area contributed by atoms with E-state index in [4.69, 9.17) is 11.6 Å². The Kier molecular flexibility index (Phi) is 4.55. The molecular formula is C13H11ClF2N2O2S. The van der Waals surface area contributed by atoms with Gasteiger partial charge in [0.25, 0.3) is 0 Å². The zero-order valence-corrected chi connectivity index (χ0v) is 12.4. The molecule has 0 amide bonds. The van der Waals surface area contributed by atoms with Crippen molar-refractivity contribution in [2.24, 2.45) is 0 Å². The molecule has 0 saturated heterocycles. The molecule has 0 aliphatic carbocycles. The van der Waals surface area contributed by atoms with Crippen LogP contribution in [0, 0.1) is 11.6 Å². The van der Waals surface area contributed by atoms with E-state index in [9.17, 15) is 17.2 Å². The largest absolute Gasteiger partial charge is 0.244 e. The molecule has 1 unspecified atom stereocenters. The van der Waals surface area contributed by atoms with E-state index in [-0.39, 0.29) is 15.6 Å². The van der Waals surface area contributed by atoms with E-state index in [1.165, 1.54) is 31.3 Å². The molecule has 8 heteroatoms. The Morgan fingerprint density at radius 3 is 2.38 bits per heavy atom. The molecule has 1 aromatic carbocycles. The van der Waals surface area contributed by atoms with Gasteiger partial charge in [-0.25, -0.2) is 26.9 Å². The van der Waals surface area contributed by atoms with Gasteiger partial charge in [0, 0.05) is 17.8 Å². The molecule has 1 aromatic heterocycles. The molecule has 0 spiro atoms. The summed E-state index contributed by atoms with van der Waals surface area (Å²) in [7, 11) is -4.05. The van der Waals surface area contributed by atoms with E-state index in [2.05, 4.69) is 9.71 Å². The third-order valence-electron chi connectivity index (χ3n) is 2.78. The smallest absolute Gasteiger partial charge is 0.243 e. The summed E-state index contributed by atoms with van der Waals surface area (Å²) >= 11 is 5.72. The van der Waals surface area contributed by atoms with Crippen molar-refractivity contribution in [3.05, 3.63) is 58.9 Å². The minimum Gasteiger partial charge on any atom is -0.243 e. The van der Waals surface area contributed by atoms with Crippen LogP contribution in [-0.4, -0.2) is 13.4 Å². The summed E-state index contributed by atoms with van der Waals surface area (Å²) in [6.07, 6.45) is 1.33. The zero-order chi connectivity index (χ0) is 15.6. The molecule has 21 heavy (non-hydrogen) atoms. The number of pyridine rings is 1. The fourth-order valence-corrected chi connectivity index (χ4v) is 3.52. The maximum atomic E-state index is 13.6. The average Bonchev–Trinajstić information content (AvgIpc) is 2.38. The van der Waals surface area contributed by atoms with E-state index in [1.54, 1.807) is 0 Å². The second-order valence-corrected chi connectivity index (χ2v) is 6.31. The van der Waals surface area contributed by atoms with Crippen molar-refractivity contribution >= 4 is 21.6 Å². The van der Waals surface area contributed by atoms with Crippen molar-refractivity contribution in [1.29, 1.82) is 0 Å². The summed E-state index contributed by atoms with van der Waals surface area (Å²) in [6, 6.07) is 4.86. The first-order valence-electron chi connectivity index (χ1n) is 5.89. The second-order valence-electron chi connectivity index (χ2n) is 4.27. The van der Waals surface area contributed by atoms with E-state index >= 15 is 0 Å². The van der Waals surface area contributed by atoms with Crippen molar-refractivity contribution in [2.45, 2.75) is 17.9 Å². The highest BCUT2D eigenvalue weighted by molar-refractivity contribution is 7.89. The summed E-state index contributed by atoms with van der Waals surface area (Å²) in [5.41, 5.74) is -0.360. The van der Waals surface area contributed by atoms with Gasteiger partial charge in [-0.05, 0) is 31.2 Å². The van der Waals surface area contributed by atoms with Gasteiger partial charge in [0.15, 0.2) is 0 Å². The highest BCUT2D eigenvalue weighted by Gasteiger charge is 2.24. The van der Waals surface area contributed by atoms with Crippen LogP contribution in [-0.2, 0) is 10.0 Å². The van der Waals surface area contributed by atoms with Crippen molar-refractivity contribution in [3.8, 4) is 0 Å². The lowest BCUT2D eigenvalue weighted by atomic mass is 10.1. The van der Waals surface area contributed by atoms with Crippen LogP contribution in [0.2, 0.25) is 5.15 Å². The SMILES string of the molecule is CC(NS(=O)(=O)c1cccnc1Cl)c1c(F)cccc1F. The number of nitrogens with one attached hydrogen (secondary N) is 1. The fourth-order valence-electron chi connectivity index (χ4n) is 1.85. The summed E-state index contributed by atoms with van der Waals surface area (Å²) in [4.78, 5) is 3.40. The Morgan fingerprint density at radius 1 is 1.19 bits per heavy atom. The van der Waals surface area contributed by atoms with Crippen molar-refractivity contribution in [3.63, 3.8) is 0 Å². The third kappa shape index (κ3) is 3.37. The van der Waals surface area contributed by atoms with E-state index in [1.807, 2.05) is 0 Å². The van der Waals surface area contributed by atoms with Crippen LogP contribution < -0.4 is 4.72 Å². The minimum atomic E-state index is -4.05. The number of benzene rings is 1. The van der Waals surface area contributed by atoms with Crippen molar-refractivity contribution in [2.75, 3.05) is 0 Å². The molecule has 0 aliphatic rings. The molecule has 1 N–H and O–H groups in total. The van der Waals surface area contributed by atoms with Gasteiger partial charge in [-0.1, -0.05) is 17.7 Å². The molecule has 1 heterocycles. The summed E-state index contributed by atoms with van der Waals surface area (Å²) in [5, 5.41) is -0.216. The van der Waals surface area contributed by atoms with Crippen LogP contribution in [0.3, 0.4) is 0 Å². The molecule has 2 rings (SSSR count). The first-order valence-corrected chi connectivity index (χ1v) is 7.76. The van der Waals surface area contributed by atoms with Crippen LogP contribution in [0.5, 0.6) is 0 Å². The lowest BCUT2D eigenvalue weighted by molar-refractivity contribution is 0.515. The standard InChI is InChI=1S/C13H11ClF2N2O2S/c1-8(12-9(15)4-2-5-10(12)16)18-21(19,20)11-6-3-7-17-13(11)14/h2-8,18H,1H3. The summed E-state index contributed by atoms with van der Waals surface area (Å²) in [5.74, 6) is -1.66. The van der Waals surface area contributed by atoms with Gasteiger partial charge in [-0.3, -0.25) is 0 Å². The highest BCUT2D eigenvalue weighted by atomic mass is 35.5. The molecule has 0 radical (unpaired) electrons. The Balaban J connectivity index is 2.35. The highest BCUT2D eigenvalue weighted by Crippen LogP contribution is 2.24. The van der Waals surface area contributed by atoms with Crippen molar-refractivity contribution in [1.82, 2.24) is 9.71 Å². The first-order chi connectivity index (χ1) is 9.83. The zero-order valence-electron chi connectivity index (χ0n) is 10.8. The van der Waals surface area contributed by atoms with E-state index < -0.39 is 27.7 Å². The molecule has 0 saturated carbocycles.